The van der Waals surface area contributed by atoms with Crippen LogP contribution in [0.3, 0.4) is 0 Å². The van der Waals surface area contributed by atoms with E-state index in [-0.39, 0.29) is 5.91 Å². The molecule has 0 bridgehead atoms. The average molecular weight is 253 g/mol. The van der Waals surface area contributed by atoms with E-state index in [4.69, 9.17) is 11.6 Å². The normalized spacial score (nSPS) is 16.1. The lowest BCUT2D eigenvalue weighted by molar-refractivity contribution is -0.122. The molecule has 1 saturated heterocycles. The minimum atomic E-state index is 0.0758. The van der Waals surface area contributed by atoms with Gasteiger partial charge in [0, 0.05) is 11.6 Å². The summed E-state index contributed by atoms with van der Waals surface area (Å²) in [6.45, 7) is 3.09. The van der Waals surface area contributed by atoms with Crippen molar-refractivity contribution in [3.05, 3.63) is 34.9 Å². The SMILES string of the molecule is O=C(CN1CCCC1)NCc1ccccc1Cl. The number of likely N-dealkylation sites (tertiary alicyclic amines) is 1. The second-order valence-electron chi connectivity index (χ2n) is 4.35. The lowest BCUT2D eigenvalue weighted by atomic mass is 10.2. The number of benzene rings is 1. The van der Waals surface area contributed by atoms with Crippen LogP contribution in [0.5, 0.6) is 0 Å². The van der Waals surface area contributed by atoms with Crippen molar-refractivity contribution in [3.8, 4) is 0 Å². The Morgan fingerprint density at radius 3 is 2.71 bits per heavy atom. The maximum atomic E-state index is 11.7. The van der Waals surface area contributed by atoms with Crippen LogP contribution in [0.1, 0.15) is 18.4 Å². The van der Waals surface area contributed by atoms with E-state index < -0.39 is 0 Å². The van der Waals surface area contributed by atoms with Gasteiger partial charge >= 0.3 is 0 Å². The molecule has 1 fully saturated rings. The predicted molar refractivity (Wildman–Crippen MR) is 69.0 cm³/mol. The van der Waals surface area contributed by atoms with Crippen molar-refractivity contribution in [3.63, 3.8) is 0 Å². The van der Waals surface area contributed by atoms with Crippen LogP contribution in [0, 0.1) is 0 Å². The Morgan fingerprint density at radius 1 is 1.29 bits per heavy atom. The lowest BCUT2D eigenvalue weighted by Gasteiger charge is -2.14. The molecule has 3 nitrogen and oxygen atoms in total. The number of rotatable bonds is 4. The fourth-order valence-electron chi connectivity index (χ4n) is 2.04. The molecule has 2 rings (SSSR count). The van der Waals surface area contributed by atoms with E-state index in [9.17, 15) is 4.79 Å². The maximum absolute atomic E-state index is 11.7. The quantitative estimate of drug-likeness (QED) is 0.890. The van der Waals surface area contributed by atoms with Gasteiger partial charge in [-0.1, -0.05) is 29.8 Å². The van der Waals surface area contributed by atoms with Crippen LogP contribution in [-0.4, -0.2) is 30.4 Å². The molecule has 17 heavy (non-hydrogen) atoms. The van der Waals surface area contributed by atoms with Gasteiger partial charge in [0.1, 0.15) is 0 Å². The number of amides is 1. The Labute approximate surface area is 107 Å². The molecule has 1 N–H and O–H groups in total. The summed E-state index contributed by atoms with van der Waals surface area (Å²) in [7, 11) is 0. The molecule has 0 saturated carbocycles. The summed E-state index contributed by atoms with van der Waals surface area (Å²) in [6, 6.07) is 7.58. The van der Waals surface area contributed by atoms with Gasteiger partial charge in [-0.2, -0.15) is 0 Å². The second-order valence-corrected chi connectivity index (χ2v) is 4.76. The first kappa shape index (κ1) is 12.4. The second kappa shape index (κ2) is 6.03. The standard InChI is InChI=1S/C13H17ClN2O/c14-12-6-2-1-5-11(12)9-15-13(17)10-16-7-3-4-8-16/h1-2,5-6H,3-4,7-10H2,(H,15,17). The smallest absolute Gasteiger partial charge is 0.234 e. The van der Waals surface area contributed by atoms with Crippen molar-refractivity contribution < 1.29 is 4.79 Å². The Hall–Kier alpha value is -1.06. The van der Waals surface area contributed by atoms with Gasteiger partial charge in [-0.15, -0.1) is 0 Å². The first-order chi connectivity index (χ1) is 8.25. The lowest BCUT2D eigenvalue weighted by Crippen LogP contribution is -2.35. The van der Waals surface area contributed by atoms with Crippen LogP contribution >= 0.6 is 11.6 Å². The van der Waals surface area contributed by atoms with Crippen LogP contribution < -0.4 is 5.32 Å². The van der Waals surface area contributed by atoms with Crippen LogP contribution in [0.15, 0.2) is 24.3 Å². The summed E-state index contributed by atoms with van der Waals surface area (Å²) in [6.07, 6.45) is 2.41. The summed E-state index contributed by atoms with van der Waals surface area (Å²) in [4.78, 5) is 13.9. The predicted octanol–water partition coefficient (Wildman–Crippen LogP) is 2.05. The van der Waals surface area contributed by atoms with Crippen LogP contribution in [0.25, 0.3) is 0 Å². The van der Waals surface area contributed by atoms with Crippen LogP contribution in [0.2, 0.25) is 5.02 Å². The van der Waals surface area contributed by atoms with Crippen molar-refractivity contribution in [1.82, 2.24) is 10.2 Å². The highest BCUT2D eigenvalue weighted by Gasteiger charge is 2.14. The average Bonchev–Trinajstić information content (AvgIpc) is 2.81. The van der Waals surface area contributed by atoms with Gasteiger partial charge in [0.25, 0.3) is 0 Å². The number of carbonyl (C=O) groups excluding carboxylic acids is 1. The Balaban J connectivity index is 1.77. The first-order valence-corrected chi connectivity index (χ1v) is 6.36. The molecule has 0 unspecified atom stereocenters. The van der Waals surface area contributed by atoms with Gasteiger partial charge in [-0.3, -0.25) is 9.69 Å². The van der Waals surface area contributed by atoms with E-state index in [1.807, 2.05) is 24.3 Å². The maximum Gasteiger partial charge on any atom is 0.234 e. The molecule has 92 valence electrons. The third kappa shape index (κ3) is 3.72. The van der Waals surface area contributed by atoms with Crippen molar-refractivity contribution in [2.75, 3.05) is 19.6 Å². The zero-order valence-electron chi connectivity index (χ0n) is 9.79. The van der Waals surface area contributed by atoms with Gasteiger partial charge < -0.3 is 5.32 Å². The molecule has 1 aromatic rings. The van der Waals surface area contributed by atoms with Crippen molar-refractivity contribution in [1.29, 1.82) is 0 Å². The molecule has 1 aromatic carbocycles. The topological polar surface area (TPSA) is 32.3 Å². The number of halogens is 1. The van der Waals surface area contributed by atoms with E-state index >= 15 is 0 Å². The molecule has 0 aromatic heterocycles. The number of carbonyl (C=O) groups is 1. The molecule has 0 spiro atoms. The third-order valence-electron chi connectivity index (χ3n) is 3.00. The van der Waals surface area contributed by atoms with E-state index in [1.54, 1.807) is 0 Å². The molecular formula is C13H17ClN2O. The number of nitrogens with zero attached hydrogens (tertiary/aromatic N) is 1. The van der Waals surface area contributed by atoms with Crippen molar-refractivity contribution in [2.24, 2.45) is 0 Å². The summed E-state index contributed by atoms with van der Waals surface area (Å²) in [5, 5.41) is 3.60. The minimum absolute atomic E-state index is 0.0758. The highest BCUT2D eigenvalue weighted by Crippen LogP contribution is 2.14. The number of hydrogen-bond donors (Lipinski definition) is 1. The molecule has 0 atom stereocenters. The molecule has 1 heterocycles. The number of nitrogens with one attached hydrogen (secondary N) is 1. The van der Waals surface area contributed by atoms with Crippen LogP contribution in [-0.2, 0) is 11.3 Å². The molecule has 1 amide bonds. The molecule has 0 aliphatic carbocycles. The van der Waals surface area contributed by atoms with E-state index in [0.717, 1.165) is 18.7 Å². The highest BCUT2D eigenvalue weighted by molar-refractivity contribution is 6.31. The fraction of sp³-hybridized carbons (Fsp3) is 0.462. The van der Waals surface area contributed by atoms with Gasteiger partial charge in [0.15, 0.2) is 0 Å². The summed E-state index contributed by atoms with van der Waals surface area (Å²) >= 11 is 6.02. The minimum Gasteiger partial charge on any atom is -0.351 e. The van der Waals surface area contributed by atoms with E-state index in [0.29, 0.717) is 18.1 Å². The Bertz CT molecular complexity index is 389. The highest BCUT2D eigenvalue weighted by atomic mass is 35.5. The zero-order valence-corrected chi connectivity index (χ0v) is 10.5. The summed E-state index contributed by atoms with van der Waals surface area (Å²) < 4.78 is 0. The summed E-state index contributed by atoms with van der Waals surface area (Å²) in [5.74, 6) is 0.0758. The van der Waals surface area contributed by atoms with Gasteiger partial charge in [-0.25, -0.2) is 0 Å². The zero-order chi connectivity index (χ0) is 12.1. The van der Waals surface area contributed by atoms with Gasteiger partial charge in [-0.05, 0) is 37.6 Å². The summed E-state index contributed by atoms with van der Waals surface area (Å²) in [5.41, 5.74) is 0.962. The van der Waals surface area contributed by atoms with E-state index in [1.165, 1.54) is 12.8 Å². The molecular weight excluding hydrogens is 236 g/mol. The molecule has 1 aliphatic heterocycles. The first-order valence-electron chi connectivity index (χ1n) is 5.98. The monoisotopic (exact) mass is 252 g/mol. The molecule has 0 radical (unpaired) electrons. The van der Waals surface area contributed by atoms with E-state index in [2.05, 4.69) is 10.2 Å². The fourth-order valence-corrected chi connectivity index (χ4v) is 2.24. The van der Waals surface area contributed by atoms with Crippen LogP contribution in [0.4, 0.5) is 0 Å². The number of hydrogen-bond acceptors (Lipinski definition) is 2. The molecule has 1 aliphatic rings. The molecule has 4 heteroatoms. The Kier molecular flexibility index (Phi) is 4.40. The Morgan fingerprint density at radius 2 is 2.00 bits per heavy atom. The van der Waals surface area contributed by atoms with Gasteiger partial charge in [0.2, 0.25) is 5.91 Å². The largest absolute Gasteiger partial charge is 0.351 e. The van der Waals surface area contributed by atoms with Crippen molar-refractivity contribution >= 4 is 17.5 Å². The van der Waals surface area contributed by atoms with Crippen molar-refractivity contribution in [2.45, 2.75) is 19.4 Å². The third-order valence-corrected chi connectivity index (χ3v) is 3.37. The van der Waals surface area contributed by atoms with Gasteiger partial charge in [0.05, 0.1) is 6.54 Å².